The van der Waals surface area contributed by atoms with Crippen LogP contribution in [0.1, 0.15) is 30.6 Å². The topological polar surface area (TPSA) is 68.5 Å². The Morgan fingerprint density at radius 1 is 1.58 bits per heavy atom. The molecule has 1 aliphatic heterocycles. The summed E-state index contributed by atoms with van der Waals surface area (Å²) in [5, 5.41) is 0. The summed E-state index contributed by atoms with van der Waals surface area (Å²) in [5.41, 5.74) is 6.50. The van der Waals surface area contributed by atoms with Gasteiger partial charge in [0.25, 0.3) is 0 Å². The van der Waals surface area contributed by atoms with Crippen LogP contribution in [0.3, 0.4) is 0 Å². The lowest BCUT2D eigenvalue weighted by atomic mass is 9.95. The smallest absolute Gasteiger partial charge is 0.339 e. The van der Waals surface area contributed by atoms with Gasteiger partial charge in [-0.2, -0.15) is 0 Å². The number of carbonyl (C=O) groups is 1. The van der Waals surface area contributed by atoms with E-state index in [2.05, 4.69) is 16.8 Å². The number of nitrogens with two attached hydrogens (primary N) is 1. The van der Waals surface area contributed by atoms with Crippen LogP contribution in [-0.4, -0.2) is 36.7 Å². The number of hydrogen-bond donors (Lipinski definition) is 1. The molecule has 5 nitrogen and oxygen atoms in total. The second-order valence-electron chi connectivity index (χ2n) is 5.00. The van der Waals surface area contributed by atoms with Crippen molar-refractivity contribution in [3.8, 4) is 0 Å². The number of hydrogen-bond acceptors (Lipinski definition) is 5. The summed E-state index contributed by atoms with van der Waals surface area (Å²) in [4.78, 5) is 18.1. The molecule has 2 atom stereocenters. The fourth-order valence-corrected chi connectivity index (χ4v) is 2.28. The molecule has 0 aliphatic carbocycles. The number of aromatic nitrogens is 1. The minimum Gasteiger partial charge on any atom is -0.462 e. The lowest BCUT2D eigenvalue weighted by Crippen LogP contribution is -2.46. The van der Waals surface area contributed by atoms with Crippen molar-refractivity contribution in [2.75, 3.05) is 24.6 Å². The van der Waals surface area contributed by atoms with E-state index in [0.29, 0.717) is 18.1 Å². The summed E-state index contributed by atoms with van der Waals surface area (Å²) in [6.07, 6.45) is 2.55. The maximum atomic E-state index is 11.5. The monoisotopic (exact) mass is 263 g/mol. The van der Waals surface area contributed by atoms with Gasteiger partial charge in [0.05, 0.1) is 12.2 Å². The molecule has 0 radical (unpaired) electrons. The van der Waals surface area contributed by atoms with Gasteiger partial charge in [-0.1, -0.05) is 6.92 Å². The number of carbonyl (C=O) groups excluding carboxylic acids is 1. The van der Waals surface area contributed by atoms with Crippen molar-refractivity contribution in [2.45, 2.75) is 26.3 Å². The Labute approximate surface area is 113 Å². The van der Waals surface area contributed by atoms with Crippen molar-refractivity contribution >= 4 is 11.8 Å². The highest BCUT2D eigenvalue weighted by Crippen LogP contribution is 2.20. The highest BCUT2D eigenvalue weighted by molar-refractivity contribution is 5.89. The summed E-state index contributed by atoms with van der Waals surface area (Å²) in [6, 6.07) is 3.91. The van der Waals surface area contributed by atoms with Gasteiger partial charge < -0.3 is 15.4 Å². The first-order valence-electron chi connectivity index (χ1n) is 6.75. The summed E-state index contributed by atoms with van der Waals surface area (Å²) >= 11 is 0. The Kier molecular flexibility index (Phi) is 4.37. The number of rotatable bonds is 3. The molecule has 2 heterocycles. The third-order valence-electron chi connectivity index (χ3n) is 3.55. The lowest BCUT2D eigenvalue weighted by molar-refractivity contribution is 0.0526. The summed E-state index contributed by atoms with van der Waals surface area (Å²) in [7, 11) is 0. The van der Waals surface area contributed by atoms with Crippen LogP contribution in [0.15, 0.2) is 18.3 Å². The van der Waals surface area contributed by atoms with E-state index in [4.69, 9.17) is 10.5 Å². The molecule has 0 aromatic carbocycles. The van der Waals surface area contributed by atoms with Gasteiger partial charge in [0.1, 0.15) is 5.82 Å². The van der Waals surface area contributed by atoms with Crippen LogP contribution in [0.2, 0.25) is 0 Å². The van der Waals surface area contributed by atoms with Gasteiger partial charge in [-0.3, -0.25) is 0 Å². The summed E-state index contributed by atoms with van der Waals surface area (Å²) in [6.45, 7) is 6.15. The molecule has 0 saturated carbocycles. The van der Waals surface area contributed by atoms with Crippen LogP contribution in [0.4, 0.5) is 5.82 Å². The quantitative estimate of drug-likeness (QED) is 0.836. The molecule has 1 aromatic rings. The summed E-state index contributed by atoms with van der Waals surface area (Å²) in [5.74, 6) is 1.03. The van der Waals surface area contributed by atoms with Crippen molar-refractivity contribution in [3.63, 3.8) is 0 Å². The number of anilines is 1. The number of esters is 1. The molecule has 5 heteroatoms. The third-order valence-corrected chi connectivity index (χ3v) is 3.55. The standard InChI is InChI=1S/C14H21N3O2/c1-3-19-14(18)11-4-5-13(16-8-11)17-7-6-12(15)10(2)9-17/h4-5,8,10,12H,3,6-7,9,15H2,1-2H3. The van der Waals surface area contributed by atoms with Crippen LogP contribution in [0, 0.1) is 5.92 Å². The van der Waals surface area contributed by atoms with E-state index >= 15 is 0 Å². The van der Waals surface area contributed by atoms with Gasteiger partial charge >= 0.3 is 5.97 Å². The van der Waals surface area contributed by atoms with Crippen LogP contribution in [0.25, 0.3) is 0 Å². The van der Waals surface area contributed by atoms with Crippen molar-refractivity contribution in [3.05, 3.63) is 23.9 Å². The zero-order chi connectivity index (χ0) is 13.8. The molecule has 1 fully saturated rings. The van der Waals surface area contributed by atoms with Crippen LogP contribution in [0.5, 0.6) is 0 Å². The molecular formula is C14H21N3O2. The molecule has 1 aliphatic rings. The molecule has 0 bridgehead atoms. The molecule has 0 spiro atoms. The van der Waals surface area contributed by atoms with Crippen molar-refractivity contribution in [1.82, 2.24) is 4.98 Å². The fraction of sp³-hybridized carbons (Fsp3) is 0.571. The van der Waals surface area contributed by atoms with Gasteiger partial charge in [0.2, 0.25) is 0 Å². The van der Waals surface area contributed by atoms with Gasteiger partial charge in [0.15, 0.2) is 0 Å². The van der Waals surface area contributed by atoms with E-state index in [-0.39, 0.29) is 12.0 Å². The molecule has 2 rings (SSSR count). The highest BCUT2D eigenvalue weighted by Gasteiger charge is 2.23. The number of pyridine rings is 1. The molecule has 104 valence electrons. The average molecular weight is 263 g/mol. The molecule has 1 saturated heterocycles. The van der Waals surface area contributed by atoms with Gasteiger partial charge in [-0.15, -0.1) is 0 Å². The van der Waals surface area contributed by atoms with E-state index in [1.807, 2.05) is 6.07 Å². The molecular weight excluding hydrogens is 242 g/mol. The Bertz CT molecular complexity index is 433. The predicted molar refractivity (Wildman–Crippen MR) is 74.2 cm³/mol. The van der Waals surface area contributed by atoms with E-state index < -0.39 is 0 Å². The number of nitrogens with zero attached hydrogens (tertiary/aromatic N) is 2. The Morgan fingerprint density at radius 3 is 2.95 bits per heavy atom. The van der Waals surface area contributed by atoms with Crippen molar-refractivity contribution < 1.29 is 9.53 Å². The number of piperidine rings is 1. The van der Waals surface area contributed by atoms with E-state index in [9.17, 15) is 4.79 Å². The maximum absolute atomic E-state index is 11.5. The molecule has 2 unspecified atom stereocenters. The van der Waals surface area contributed by atoms with Crippen molar-refractivity contribution in [2.24, 2.45) is 11.7 Å². The van der Waals surface area contributed by atoms with Gasteiger partial charge in [0, 0.05) is 25.3 Å². The van der Waals surface area contributed by atoms with Gasteiger partial charge in [-0.05, 0) is 31.4 Å². The van der Waals surface area contributed by atoms with E-state index in [0.717, 1.165) is 25.3 Å². The first-order valence-corrected chi connectivity index (χ1v) is 6.75. The second kappa shape index (κ2) is 6.02. The second-order valence-corrected chi connectivity index (χ2v) is 5.00. The Morgan fingerprint density at radius 2 is 2.37 bits per heavy atom. The highest BCUT2D eigenvalue weighted by atomic mass is 16.5. The zero-order valence-corrected chi connectivity index (χ0v) is 11.5. The van der Waals surface area contributed by atoms with E-state index in [1.165, 1.54) is 0 Å². The lowest BCUT2D eigenvalue weighted by Gasteiger charge is -2.35. The van der Waals surface area contributed by atoms with Crippen molar-refractivity contribution in [1.29, 1.82) is 0 Å². The van der Waals surface area contributed by atoms with Crippen LogP contribution >= 0.6 is 0 Å². The fourth-order valence-electron chi connectivity index (χ4n) is 2.28. The Balaban J connectivity index is 2.04. The number of ether oxygens (including phenoxy) is 1. The minimum absolute atomic E-state index is 0.273. The first kappa shape index (κ1) is 13.8. The summed E-state index contributed by atoms with van der Waals surface area (Å²) < 4.78 is 4.94. The maximum Gasteiger partial charge on any atom is 0.339 e. The molecule has 0 amide bonds. The average Bonchev–Trinajstić information content (AvgIpc) is 2.42. The minimum atomic E-state index is -0.324. The predicted octanol–water partition coefficient (Wildman–Crippen LogP) is 1.43. The molecule has 2 N–H and O–H groups in total. The SMILES string of the molecule is CCOC(=O)c1ccc(N2CCC(N)C(C)C2)nc1. The first-order chi connectivity index (χ1) is 9.11. The Hall–Kier alpha value is -1.62. The van der Waals surface area contributed by atoms with E-state index in [1.54, 1.807) is 19.2 Å². The van der Waals surface area contributed by atoms with Crippen LogP contribution in [-0.2, 0) is 4.74 Å². The van der Waals surface area contributed by atoms with Crippen LogP contribution < -0.4 is 10.6 Å². The largest absolute Gasteiger partial charge is 0.462 e. The third kappa shape index (κ3) is 3.23. The normalized spacial score (nSPS) is 23.2. The zero-order valence-electron chi connectivity index (χ0n) is 11.5. The van der Waals surface area contributed by atoms with Gasteiger partial charge in [-0.25, -0.2) is 9.78 Å². The molecule has 1 aromatic heterocycles. The molecule has 19 heavy (non-hydrogen) atoms.